The van der Waals surface area contributed by atoms with Crippen LogP contribution in [0.25, 0.3) is 5.57 Å². The Hall–Kier alpha value is -2.10. The summed E-state index contributed by atoms with van der Waals surface area (Å²) in [5.74, 6) is -0.964. The molecular weight excluding hydrogens is 345 g/mol. The van der Waals surface area contributed by atoms with Crippen LogP contribution in [0.15, 0.2) is 41.4 Å². The van der Waals surface area contributed by atoms with Crippen LogP contribution < -0.4 is 4.90 Å². The molecule has 122 valence electrons. The van der Waals surface area contributed by atoms with Gasteiger partial charge in [-0.3, -0.25) is 9.59 Å². The molecule has 0 atom stereocenters. The van der Waals surface area contributed by atoms with E-state index >= 15 is 0 Å². The molecule has 2 amide bonds. The van der Waals surface area contributed by atoms with Crippen LogP contribution in [0.3, 0.4) is 0 Å². The zero-order valence-corrected chi connectivity index (χ0v) is 15.0. The lowest BCUT2D eigenvalue weighted by atomic mass is 9.99. The molecule has 0 bridgehead atoms. The lowest BCUT2D eigenvalue weighted by Gasteiger charge is -2.16. The maximum Gasteiger partial charge on any atom is 0.277 e. The van der Waals surface area contributed by atoms with Crippen molar-refractivity contribution in [3.05, 3.63) is 68.7 Å². The summed E-state index contributed by atoms with van der Waals surface area (Å²) >= 11 is 12.3. The van der Waals surface area contributed by atoms with Crippen LogP contribution in [0, 0.1) is 20.8 Å². The summed E-state index contributed by atoms with van der Waals surface area (Å²) in [6.45, 7) is 5.71. The van der Waals surface area contributed by atoms with Gasteiger partial charge < -0.3 is 0 Å². The van der Waals surface area contributed by atoms with Crippen LogP contribution in [-0.4, -0.2) is 11.8 Å². The molecule has 3 rings (SSSR count). The Balaban J connectivity index is 2.09. The molecule has 24 heavy (non-hydrogen) atoms. The van der Waals surface area contributed by atoms with Crippen molar-refractivity contribution in [3.63, 3.8) is 0 Å². The fourth-order valence-electron chi connectivity index (χ4n) is 2.79. The third-order valence-electron chi connectivity index (χ3n) is 4.09. The molecule has 0 saturated carbocycles. The number of rotatable bonds is 2. The highest BCUT2D eigenvalue weighted by Gasteiger charge is 2.39. The van der Waals surface area contributed by atoms with Gasteiger partial charge in [-0.1, -0.05) is 53.0 Å². The van der Waals surface area contributed by atoms with Crippen LogP contribution in [0.1, 0.15) is 22.3 Å². The van der Waals surface area contributed by atoms with Crippen molar-refractivity contribution in [2.24, 2.45) is 0 Å². The maximum absolute atomic E-state index is 12.9. The first-order valence-electron chi connectivity index (χ1n) is 7.43. The van der Waals surface area contributed by atoms with Gasteiger partial charge in [-0.25, -0.2) is 4.90 Å². The largest absolute Gasteiger partial charge is 0.277 e. The summed E-state index contributed by atoms with van der Waals surface area (Å²) < 4.78 is 0. The quantitative estimate of drug-likeness (QED) is 0.723. The van der Waals surface area contributed by atoms with Crippen molar-refractivity contribution >= 4 is 46.3 Å². The number of halogens is 2. The Kier molecular flexibility index (Phi) is 4.24. The van der Waals surface area contributed by atoms with Crippen LogP contribution in [0.4, 0.5) is 5.69 Å². The Morgan fingerprint density at radius 2 is 1.54 bits per heavy atom. The van der Waals surface area contributed by atoms with E-state index in [1.807, 2.05) is 39.0 Å². The molecule has 0 aliphatic carbocycles. The molecule has 0 unspecified atom stereocenters. The van der Waals surface area contributed by atoms with E-state index < -0.39 is 11.8 Å². The number of nitrogens with zero attached hydrogens (tertiary/aromatic N) is 1. The monoisotopic (exact) mass is 359 g/mol. The molecule has 2 aromatic rings. The second-order valence-electron chi connectivity index (χ2n) is 5.89. The predicted octanol–water partition coefficient (Wildman–Crippen LogP) is 4.79. The first-order valence-corrected chi connectivity index (χ1v) is 8.19. The Labute approximate surface area is 150 Å². The number of aryl methyl sites for hydroxylation is 3. The second kappa shape index (κ2) is 6.08. The zero-order valence-electron chi connectivity index (χ0n) is 13.5. The van der Waals surface area contributed by atoms with E-state index in [2.05, 4.69) is 0 Å². The van der Waals surface area contributed by atoms with Crippen molar-refractivity contribution in [3.8, 4) is 0 Å². The molecule has 2 aromatic carbocycles. The number of carbonyl (C=O) groups is 2. The highest BCUT2D eigenvalue weighted by atomic mass is 35.5. The Bertz CT molecular complexity index is 916. The van der Waals surface area contributed by atoms with Crippen LogP contribution >= 0.6 is 23.2 Å². The minimum atomic E-state index is -0.531. The van der Waals surface area contributed by atoms with Crippen molar-refractivity contribution in [1.82, 2.24) is 0 Å². The van der Waals surface area contributed by atoms with Gasteiger partial charge in [0.1, 0.15) is 5.03 Å². The van der Waals surface area contributed by atoms with Gasteiger partial charge in [0.15, 0.2) is 0 Å². The van der Waals surface area contributed by atoms with Gasteiger partial charge in [-0.2, -0.15) is 0 Å². The summed E-state index contributed by atoms with van der Waals surface area (Å²) in [6, 6.07) is 10.7. The summed E-state index contributed by atoms with van der Waals surface area (Å²) in [4.78, 5) is 26.5. The van der Waals surface area contributed by atoms with E-state index in [9.17, 15) is 9.59 Å². The number of benzene rings is 2. The maximum atomic E-state index is 12.9. The van der Waals surface area contributed by atoms with Gasteiger partial charge in [0.2, 0.25) is 0 Å². The van der Waals surface area contributed by atoms with E-state index in [-0.39, 0.29) is 10.6 Å². The molecule has 1 aliphatic rings. The Morgan fingerprint density at radius 3 is 2.17 bits per heavy atom. The average molecular weight is 360 g/mol. The highest BCUT2D eigenvalue weighted by Crippen LogP contribution is 2.37. The van der Waals surface area contributed by atoms with Crippen molar-refractivity contribution in [2.45, 2.75) is 20.8 Å². The fraction of sp³-hybridized carbons (Fsp3) is 0.158. The van der Waals surface area contributed by atoms with Gasteiger partial charge in [0.05, 0.1) is 11.3 Å². The molecule has 1 aliphatic heterocycles. The van der Waals surface area contributed by atoms with Gasteiger partial charge in [-0.15, -0.1) is 0 Å². The molecule has 0 spiro atoms. The number of amides is 2. The van der Waals surface area contributed by atoms with Gasteiger partial charge in [0.25, 0.3) is 11.8 Å². The third-order valence-corrected chi connectivity index (χ3v) is 4.85. The Morgan fingerprint density at radius 1 is 0.833 bits per heavy atom. The normalized spacial score (nSPS) is 14.8. The number of carbonyl (C=O) groups excluding carboxylic acids is 2. The first kappa shape index (κ1) is 16.7. The number of hydrogen-bond donors (Lipinski definition) is 0. The van der Waals surface area contributed by atoms with Gasteiger partial charge in [0, 0.05) is 5.02 Å². The molecule has 0 aromatic heterocycles. The summed E-state index contributed by atoms with van der Waals surface area (Å²) in [6.07, 6.45) is 0. The summed E-state index contributed by atoms with van der Waals surface area (Å²) in [5, 5.41) is 0.424. The predicted molar refractivity (Wildman–Crippen MR) is 97.4 cm³/mol. The SMILES string of the molecule is Cc1ccc(C2=C(Cl)C(=O)N(c3ccc(C)c(Cl)c3)C2=O)c(C)c1. The van der Waals surface area contributed by atoms with Gasteiger partial charge in [-0.05, 0) is 49.6 Å². The minimum absolute atomic E-state index is 0.0661. The topological polar surface area (TPSA) is 37.4 Å². The van der Waals surface area contributed by atoms with Crippen LogP contribution in [0.5, 0.6) is 0 Å². The smallest absolute Gasteiger partial charge is 0.268 e. The molecule has 0 N–H and O–H groups in total. The van der Waals surface area contributed by atoms with Gasteiger partial charge >= 0.3 is 0 Å². The van der Waals surface area contributed by atoms with E-state index in [1.165, 1.54) is 0 Å². The van der Waals surface area contributed by atoms with Crippen molar-refractivity contribution < 1.29 is 9.59 Å². The number of hydrogen-bond acceptors (Lipinski definition) is 2. The molecule has 0 fully saturated rings. The molecule has 0 radical (unpaired) electrons. The molecule has 3 nitrogen and oxygen atoms in total. The second-order valence-corrected chi connectivity index (χ2v) is 6.67. The van der Waals surface area contributed by atoms with E-state index in [0.717, 1.165) is 21.6 Å². The summed E-state index contributed by atoms with van der Waals surface area (Å²) in [7, 11) is 0. The summed E-state index contributed by atoms with van der Waals surface area (Å²) in [5.41, 5.74) is 4.16. The van der Waals surface area contributed by atoms with Crippen LogP contribution in [-0.2, 0) is 9.59 Å². The molecule has 0 saturated heterocycles. The lowest BCUT2D eigenvalue weighted by molar-refractivity contribution is -0.119. The fourth-order valence-corrected chi connectivity index (χ4v) is 3.23. The van der Waals surface area contributed by atoms with Crippen molar-refractivity contribution in [2.75, 3.05) is 4.90 Å². The minimum Gasteiger partial charge on any atom is -0.268 e. The zero-order chi connectivity index (χ0) is 17.6. The number of imide groups is 1. The highest BCUT2D eigenvalue weighted by molar-refractivity contribution is 6.60. The van der Waals surface area contributed by atoms with Crippen molar-refractivity contribution in [1.29, 1.82) is 0 Å². The lowest BCUT2D eigenvalue weighted by Crippen LogP contribution is -2.31. The van der Waals surface area contributed by atoms with E-state index in [0.29, 0.717) is 16.3 Å². The molecule has 1 heterocycles. The first-order chi connectivity index (χ1) is 11.3. The van der Waals surface area contributed by atoms with Crippen LogP contribution in [0.2, 0.25) is 5.02 Å². The average Bonchev–Trinajstić information content (AvgIpc) is 2.73. The standard InChI is InChI=1S/C19H15Cl2NO2/c1-10-4-7-14(12(3)8-10)16-17(21)19(24)22(18(16)23)13-6-5-11(2)15(20)9-13/h4-9H,1-3H3. The van der Waals surface area contributed by atoms with E-state index in [4.69, 9.17) is 23.2 Å². The third kappa shape index (κ3) is 2.64. The number of anilines is 1. The molecular formula is C19H15Cl2NO2. The molecule has 5 heteroatoms. The van der Waals surface area contributed by atoms with E-state index in [1.54, 1.807) is 18.2 Å².